The van der Waals surface area contributed by atoms with Gasteiger partial charge < -0.3 is 15.0 Å². The molecule has 2 N–H and O–H groups in total. The number of aromatic nitrogens is 1. The van der Waals surface area contributed by atoms with E-state index in [4.69, 9.17) is 10.5 Å². The zero-order chi connectivity index (χ0) is 18.2. The Morgan fingerprint density at radius 2 is 2.08 bits per heavy atom. The van der Waals surface area contributed by atoms with Crippen LogP contribution >= 0.6 is 11.3 Å². The molecule has 0 radical (unpaired) electrons. The smallest absolute Gasteiger partial charge is 0.251 e. The maximum absolute atomic E-state index is 12.2. The Morgan fingerprint density at radius 3 is 2.68 bits per heavy atom. The van der Waals surface area contributed by atoms with Crippen molar-refractivity contribution in [2.45, 2.75) is 59.4 Å². The second-order valence-corrected chi connectivity index (χ2v) is 7.23. The van der Waals surface area contributed by atoms with E-state index >= 15 is 0 Å². The molecular formula is C20H30N2O2S. The molecular weight excluding hydrogens is 332 g/mol. The summed E-state index contributed by atoms with van der Waals surface area (Å²) < 4.78 is 7.78. The number of thiophene rings is 1. The van der Waals surface area contributed by atoms with Crippen molar-refractivity contribution in [2.75, 3.05) is 13.2 Å². The molecule has 0 aromatic carbocycles. The Hall–Kier alpha value is -1.59. The maximum Gasteiger partial charge on any atom is 0.251 e. The average molecular weight is 363 g/mol. The summed E-state index contributed by atoms with van der Waals surface area (Å²) in [6.45, 7) is 8.57. The first kappa shape index (κ1) is 19.7. The summed E-state index contributed by atoms with van der Waals surface area (Å²) in [6, 6.07) is 4.11. The number of carbonyl (C=O) groups is 1. The number of amides is 1. The molecule has 2 aromatic rings. The third-order valence-electron chi connectivity index (χ3n) is 4.54. The lowest BCUT2D eigenvalue weighted by molar-refractivity contribution is 0.1000. The molecule has 0 aliphatic rings. The van der Waals surface area contributed by atoms with Crippen molar-refractivity contribution < 1.29 is 9.53 Å². The van der Waals surface area contributed by atoms with Gasteiger partial charge >= 0.3 is 0 Å². The minimum atomic E-state index is -0.332. The second kappa shape index (κ2) is 9.78. The van der Waals surface area contributed by atoms with Crippen molar-refractivity contribution >= 4 is 17.2 Å². The first-order chi connectivity index (χ1) is 12.1. The number of carbonyl (C=O) groups excluding carboxylic acids is 1. The van der Waals surface area contributed by atoms with Crippen LogP contribution in [0.1, 0.15) is 61.3 Å². The van der Waals surface area contributed by atoms with Gasteiger partial charge in [-0.3, -0.25) is 4.79 Å². The number of unbranched alkanes of at least 4 members (excludes halogenated alkanes) is 2. The molecule has 0 unspecified atom stereocenters. The van der Waals surface area contributed by atoms with Gasteiger partial charge in [0.05, 0.1) is 5.56 Å². The van der Waals surface area contributed by atoms with Crippen LogP contribution in [0.4, 0.5) is 0 Å². The van der Waals surface area contributed by atoms with E-state index in [1.54, 1.807) is 11.3 Å². The van der Waals surface area contributed by atoms with Crippen LogP contribution in [-0.2, 0) is 17.7 Å². The maximum atomic E-state index is 12.2. The number of ether oxygens (including phenoxy) is 1. The molecule has 0 aliphatic carbocycles. The van der Waals surface area contributed by atoms with Crippen LogP contribution in [0.15, 0.2) is 17.5 Å². The fraction of sp³-hybridized carbons (Fsp3) is 0.550. The van der Waals surface area contributed by atoms with Crippen molar-refractivity contribution in [1.29, 1.82) is 0 Å². The van der Waals surface area contributed by atoms with Crippen LogP contribution in [0, 0.1) is 6.92 Å². The van der Waals surface area contributed by atoms with Gasteiger partial charge in [0, 0.05) is 41.6 Å². The fourth-order valence-electron chi connectivity index (χ4n) is 3.36. The highest BCUT2D eigenvalue weighted by molar-refractivity contribution is 7.13. The van der Waals surface area contributed by atoms with Crippen LogP contribution in [-0.4, -0.2) is 23.7 Å². The van der Waals surface area contributed by atoms with E-state index in [-0.39, 0.29) is 5.91 Å². The van der Waals surface area contributed by atoms with Crippen molar-refractivity contribution in [2.24, 2.45) is 5.73 Å². The first-order valence-electron chi connectivity index (χ1n) is 9.25. The van der Waals surface area contributed by atoms with Gasteiger partial charge in [-0.05, 0) is 44.6 Å². The predicted octanol–water partition coefficient (Wildman–Crippen LogP) is 4.78. The van der Waals surface area contributed by atoms with E-state index in [0.29, 0.717) is 5.56 Å². The summed E-state index contributed by atoms with van der Waals surface area (Å²) in [5.74, 6) is -0.332. The van der Waals surface area contributed by atoms with E-state index < -0.39 is 0 Å². The molecule has 2 aromatic heterocycles. The molecule has 1 amide bonds. The topological polar surface area (TPSA) is 57.2 Å². The van der Waals surface area contributed by atoms with Crippen molar-refractivity contribution in [1.82, 2.24) is 4.57 Å². The SMILES string of the molecule is CCCCCc1c(-c2cccs2)c(C(N)=O)c(C)n1CCCOCC. The summed E-state index contributed by atoms with van der Waals surface area (Å²) in [4.78, 5) is 13.3. The van der Waals surface area contributed by atoms with Gasteiger partial charge in [0.15, 0.2) is 0 Å². The third-order valence-corrected chi connectivity index (χ3v) is 5.42. The fourth-order valence-corrected chi connectivity index (χ4v) is 4.16. The van der Waals surface area contributed by atoms with E-state index in [2.05, 4.69) is 22.9 Å². The van der Waals surface area contributed by atoms with Gasteiger partial charge in [-0.15, -0.1) is 11.3 Å². The number of hydrogen-bond acceptors (Lipinski definition) is 3. The van der Waals surface area contributed by atoms with Crippen molar-refractivity contribution in [3.8, 4) is 10.4 Å². The lowest BCUT2D eigenvalue weighted by Crippen LogP contribution is -2.13. The van der Waals surface area contributed by atoms with Crippen LogP contribution < -0.4 is 5.73 Å². The molecule has 0 fully saturated rings. The number of nitrogens with two attached hydrogens (primary N) is 1. The average Bonchev–Trinajstić information content (AvgIpc) is 3.19. The molecule has 5 heteroatoms. The van der Waals surface area contributed by atoms with Crippen molar-refractivity contribution in [3.05, 3.63) is 34.5 Å². The summed E-state index contributed by atoms with van der Waals surface area (Å²) in [6.07, 6.45) is 5.41. The highest BCUT2D eigenvalue weighted by Crippen LogP contribution is 2.36. The van der Waals surface area contributed by atoms with Crippen LogP contribution in [0.25, 0.3) is 10.4 Å². The quantitative estimate of drug-likeness (QED) is 0.585. The highest BCUT2D eigenvalue weighted by Gasteiger charge is 2.24. The van der Waals surface area contributed by atoms with Gasteiger partial charge in [0.25, 0.3) is 5.91 Å². The summed E-state index contributed by atoms with van der Waals surface area (Å²) >= 11 is 1.67. The van der Waals surface area contributed by atoms with Gasteiger partial charge in [0.1, 0.15) is 0 Å². The molecule has 2 heterocycles. The van der Waals surface area contributed by atoms with Gasteiger partial charge in [-0.25, -0.2) is 0 Å². The number of primary amides is 1. The zero-order valence-electron chi connectivity index (χ0n) is 15.6. The Morgan fingerprint density at radius 1 is 1.28 bits per heavy atom. The Balaban J connectivity index is 2.44. The molecule has 4 nitrogen and oxygen atoms in total. The number of rotatable bonds is 11. The Kier molecular flexibility index (Phi) is 7.72. The minimum absolute atomic E-state index is 0.332. The Labute approximate surface area is 155 Å². The standard InChI is InChI=1S/C20H30N2O2S/c1-4-6-7-10-16-19(17-11-8-14-25-17)18(20(21)23)15(3)22(16)12-9-13-24-5-2/h8,11,14H,4-7,9-10,12-13H2,1-3H3,(H2,21,23). The van der Waals surface area contributed by atoms with Gasteiger partial charge in [0.2, 0.25) is 0 Å². The molecule has 0 saturated heterocycles. The molecule has 0 aliphatic heterocycles. The Bertz CT molecular complexity index is 674. The predicted molar refractivity (Wildman–Crippen MR) is 105 cm³/mol. The monoisotopic (exact) mass is 362 g/mol. The van der Waals surface area contributed by atoms with Crippen LogP contribution in [0.3, 0.4) is 0 Å². The molecule has 0 bridgehead atoms. The minimum Gasteiger partial charge on any atom is -0.382 e. The lowest BCUT2D eigenvalue weighted by atomic mass is 10.0. The lowest BCUT2D eigenvalue weighted by Gasteiger charge is -2.13. The van der Waals surface area contributed by atoms with Crippen molar-refractivity contribution in [3.63, 3.8) is 0 Å². The largest absolute Gasteiger partial charge is 0.382 e. The van der Waals surface area contributed by atoms with Crippen LogP contribution in [0.2, 0.25) is 0 Å². The second-order valence-electron chi connectivity index (χ2n) is 6.28. The highest BCUT2D eigenvalue weighted by atomic mass is 32.1. The summed E-state index contributed by atoms with van der Waals surface area (Å²) in [5, 5.41) is 2.05. The van der Waals surface area contributed by atoms with Gasteiger partial charge in [-0.1, -0.05) is 25.8 Å². The zero-order valence-corrected chi connectivity index (χ0v) is 16.5. The van der Waals surface area contributed by atoms with Gasteiger partial charge in [-0.2, -0.15) is 0 Å². The molecule has 2 rings (SSSR count). The molecule has 0 spiro atoms. The number of hydrogen-bond donors (Lipinski definition) is 1. The molecule has 25 heavy (non-hydrogen) atoms. The number of nitrogens with zero attached hydrogens (tertiary/aromatic N) is 1. The van der Waals surface area contributed by atoms with E-state index in [1.807, 2.05) is 19.9 Å². The van der Waals surface area contributed by atoms with E-state index in [0.717, 1.165) is 55.2 Å². The summed E-state index contributed by atoms with van der Waals surface area (Å²) in [7, 11) is 0. The molecule has 0 saturated carbocycles. The third kappa shape index (κ3) is 4.73. The van der Waals surface area contributed by atoms with Crippen LogP contribution in [0.5, 0.6) is 0 Å². The normalized spacial score (nSPS) is 11.2. The summed E-state index contributed by atoms with van der Waals surface area (Å²) in [5.41, 5.74) is 9.73. The van der Waals surface area contributed by atoms with E-state index in [9.17, 15) is 4.79 Å². The molecule has 138 valence electrons. The molecule has 0 atom stereocenters. The van der Waals surface area contributed by atoms with E-state index in [1.165, 1.54) is 18.5 Å². The first-order valence-corrected chi connectivity index (χ1v) is 10.1.